The molecule has 1 aromatic rings. The molecule has 0 aliphatic carbocycles. The molecular weight excluding hydrogens is 385 g/mol. The lowest BCUT2D eigenvalue weighted by molar-refractivity contribution is -0.176. The number of guanidine groups is 1. The molecule has 1 aliphatic heterocycles. The van der Waals surface area contributed by atoms with Gasteiger partial charge in [0.05, 0.1) is 13.2 Å². The molecule has 0 spiro atoms. The van der Waals surface area contributed by atoms with E-state index >= 15 is 0 Å². The fourth-order valence-corrected chi connectivity index (χ4v) is 3.11. The van der Waals surface area contributed by atoms with Crippen molar-refractivity contribution in [1.29, 1.82) is 0 Å². The zero-order valence-electron chi connectivity index (χ0n) is 16.9. The standard InChI is InChI=1S/C20H29F3N4O2/c1-3-18(28)27-9-8-17(12-27)26-19(24-4-2)25-11-15-6-5-7-16(10-15)13-29-14-20(21,22)23/h5-7,10,17H,3-4,8-9,11-14H2,1-2H3,(H2,24,25,26). The highest BCUT2D eigenvalue weighted by Crippen LogP contribution is 2.16. The molecule has 1 unspecified atom stereocenters. The van der Waals surface area contributed by atoms with Crippen molar-refractivity contribution in [3.8, 4) is 0 Å². The van der Waals surface area contributed by atoms with E-state index in [1.165, 1.54) is 0 Å². The van der Waals surface area contributed by atoms with Gasteiger partial charge in [-0.15, -0.1) is 0 Å². The number of rotatable bonds is 8. The third-order valence-electron chi connectivity index (χ3n) is 4.47. The molecule has 29 heavy (non-hydrogen) atoms. The van der Waals surface area contributed by atoms with Crippen LogP contribution in [0.15, 0.2) is 29.3 Å². The minimum absolute atomic E-state index is 0.0985. The number of benzene rings is 1. The molecule has 1 amide bonds. The van der Waals surface area contributed by atoms with Crippen LogP contribution in [0.4, 0.5) is 13.2 Å². The van der Waals surface area contributed by atoms with Gasteiger partial charge in [-0.2, -0.15) is 13.2 Å². The van der Waals surface area contributed by atoms with E-state index in [4.69, 9.17) is 4.74 Å². The van der Waals surface area contributed by atoms with Crippen LogP contribution in [-0.2, 0) is 22.7 Å². The number of alkyl halides is 3. The Hall–Kier alpha value is -2.29. The predicted octanol–water partition coefficient (Wildman–Crippen LogP) is 2.83. The molecule has 0 aromatic heterocycles. The van der Waals surface area contributed by atoms with E-state index in [1.807, 2.05) is 24.8 Å². The molecule has 1 atom stereocenters. The minimum atomic E-state index is -4.33. The predicted molar refractivity (Wildman–Crippen MR) is 105 cm³/mol. The smallest absolute Gasteiger partial charge is 0.367 e. The van der Waals surface area contributed by atoms with Gasteiger partial charge in [0.15, 0.2) is 5.96 Å². The fourth-order valence-electron chi connectivity index (χ4n) is 3.11. The average Bonchev–Trinajstić information content (AvgIpc) is 3.13. The molecule has 1 aromatic carbocycles. The van der Waals surface area contributed by atoms with Crippen LogP contribution in [0.5, 0.6) is 0 Å². The number of carbonyl (C=O) groups excluding carboxylic acids is 1. The first kappa shape index (κ1) is 23.0. The lowest BCUT2D eigenvalue weighted by atomic mass is 10.1. The SMILES string of the molecule is CCNC(=NCc1cccc(COCC(F)(F)F)c1)NC1CCN(C(=O)CC)C1. The van der Waals surface area contributed by atoms with Gasteiger partial charge in [-0.1, -0.05) is 31.2 Å². The van der Waals surface area contributed by atoms with E-state index in [-0.39, 0.29) is 18.6 Å². The monoisotopic (exact) mass is 414 g/mol. The minimum Gasteiger partial charge on any atom is -0.367 e. The fraction of sp³-hybridized carbons (Fsp3) is 0.600. The summed E-state index contributed by atoms with van der Waals surface area (Å²) in [5.41, 5.74) is 1.55. The molecule has 1 saturated heterocycles. The Bertz CT molecular complexity index is 695. The first-order valence-corrected chi connectivity index (χ1v) is 9.85. The van der Waals surface area contributed by atoms with Gasteiger partial charge >= 0.3 is 6.18 Å². The lowest BCUT2D eigenvalue weighted by Crippen LogP contribution is -2.45. The van der Waals surface area contributed by atoms with E-state index in [0.717, 1.165) is 18.5 Å². The van der Waals surface area contributed by atoms with Crippen molar-refractivity contribution in [2.75, 3.05) is 26.2 Å². The maximum absolute atomic E-state index is 12.2. The summed E-state index contributed by atoms with van der Waals surface area (Å²) in [7, 11) is 0. The van der Waals surface area contributed by atoms with Crippen molar-refractivity contribution in [2.45, 2.75) is 52.1 Å². The Labute approximate surface area is 169 Å². The van der Waals surface area contributed by atoms with E-state index in [1.54, 1.807) is 18.2 Å². The summed E-state index contributed by atoms with van der Waals surface area (Å²) in [5, 5.41) is 6.55. The van der Waals surface area contributed by atoms with Gasteiger partial charge in [0.25, 0.3) is 0 Å². The van der Waals surface area contributed by atoms with Gasteiger partial charge in [-0.05, 0) is 24.5 Å². The Morgan fingerprint density at radius 2 is 2.07 bits per heavy atom. The van der Waals surface area contributed by atoms with Crippen molar-refractivity contribution >= 4 is 11.9 Å². The van der Waals surface area contributed by atoms with Gasteiger partial charge in [-0.25, -0.2) is 4.99 Å². The van der Waals surface area contributed by atoms with Crippen LogP contribution in [-0.4, -0.2) is 55.2 Å². The quantitative estimate of drug-likeness (QED) is 0.507. The van der Waals surface area contributed by atoms with Crippen LogP contribution in [0.25, 0.3) is 0 Å². The molecular formula is C20H29F3N4O2. The summed E-state index contributed by atoms with van der Waals surface area (Å²) in [6.07, 6.45) is -2.96. The van der Waals surface area contributed by atoms with Crippen molar-refractivity contribution < 1.29 is 22.7 Å². The summed E-state index contributed by atoms with van der Waals surface area (Å²) < 4.78 is 41.3. The van der Waals surface area contributed by atoms with Crippen LogP contribution in [0.3, 0.4) is 0 Å². The number of likely N-dealkylation sites (tertiary alicyclic amines) is 1. The van der Waals surface area contributed by atoms with Crippen LogP contribution in [0.1, 0.15) is 37.8 Å². The summed E-state index contributed by atoms with van der Waals surface area (Å²) >= 11 is 0. The summed E-state index contributed by atoms with van der Waals surface area (Å²) in [5.74, 6) is 0.808. The van der Waals surface area contributed by atoms with Gasteiger partial charge in [0.1, 0.15) is 6.61 Å². The number of halogens is 3. The maximum Gasteiger partial charge on any atom is 0.411 e. The lowest BCUT2D eigenvalue weighted by Gasteiger charge is -2.18. The summed E-state index contributed by atoms with van der Waals surface area (Å²) in [6, 6.07) is 7.32. The van der Waals surface area contributed by atoms with Crippen LogP contribution in [0, 0.1) is 0 Å². The highest BCUT2D eigenvalue weighted by molar-refractivity contribution is 5.80. The second kappa shape index (κ2) is 11.0. The Kier molecular flexibility index (Phi) is 8.75. The highest BCUT2D eigenvalue weighted by Gasteiger charge is 2.27. The van der Waals surface area contributed by atoms with Crippen LogP contribution >= 0.6 is 0 Å². The molecule has 2 rings (SSSR count). The average molecular weight is 414 g/mol. The van der Waals surface area contributed by atoms with E-state index in [2.05, 4.69) is 15.6 Å². The first-order chi connectivity index (χ1) is 13.8. The van der Waals surface area contributed by atoms with Crippen molar-refractivity contribution in [1.82, 2.24) is 15.5 Å². The van der Waals surface area contributed by atoms with E-state index in [9.17, 15) is 18.0 Å². The molecule has 0 bridgehead atoms. The summed E-state index contributed by atoms with van der Waals surface area (Å²) in [4.78, 5) is 18.2. The summed E-state index contributed by atoms with van der Waals surface area (Å²) in [6.45, 7) is 4.94. The second-order valence-electron chi connectivity index (χ2n) is 6.95. The van der Waals surface area contributed by atoms with Crippen LogP contribution in [0.2, 0.25) is 0 Å². The highest BCUT2D eigenvalue weighted by atomic mass is 19.4. The normalized spacial score (nSPS) is 17.5. The largest absolute Gasteiger partial charge is 0.411 e. The van der Waals surface area contributed by atoms with Gasteiger partial charge in [0.2, 0.25) is 5.91 Å². The van der Waals surface area contributed by atoms with E-state index < -0.39 is 12.8 Å². The number of amides is 1. The Morgan fingerprint density at radius 3 is 2.76 bits per heavy atom. The number of carbonyl (C=O) groups is 1. The van der Waals surface area contributed by atoms with Crippen LogP contribution < -0.4 is 10.6 Å². The number of ether oxygens (including phenoxy) is 1. The molecule has 2 N–H and O–H groups in total. The number of nitrogens with zero attached hydrogens (tertiary/aromatic N) is 2. The molecule has 9 heteroatoms. The third-order valence-corrected chi connectivity index (χ3v) is 4.47. The van der Waals surface area contributed by atoms with Crippen molar-refractivity contribution in [3.63, 3.8) is 0 Å². The molecule has 0 saturated carbocycles. The third kappa shape index (κ3) is 8.31. The maximum atomic E-state index is 12.2. The second-order valence-corrected chi connectivity index (χ2v) is 6.95. The number of aliphatic imine (C=N–C) groups is 1. The topological polar surface area (TPSA) is 66.0 Å². The Balaban J connectivity index is 1.91. The molecule has 1 heterocycles. The zero-order valence-corrected chi connectivity index (χ0v) is 16.9. The zero-order chi connectivity index (χ0) is 21.3. The number of hydrogen-bond donors (Lipinski definition) is 2. The number of nitrogens with one attached hydrogen (secondary N) is 2. The van der Waals surface area contributed by atoms with Gasteiger partial charge < -0.3 is 20.3 Å². The molecule has 1 fully saturated rings. The van der Waals surface area contributed by atoms with Gasteiger partial charge in [-0.3, -0.25) is 4.79 Å². The molecule has 0 radical (unpaired) electrons. The van der Waals surface area contributed by atoms with Gasteiger partial charge in [0, 0.05) is 32.1 Å². The van der Waals surface area contributed by atoms with Crippen molar-refractivity contribution in [2.24, 2.45) is 4.99 Å². The van der Waals surface area contributed by atoms with Crippen molar-refractivity contribution in [3.05, 3.63) is 35.4 Å². The first-order valence-electron chi connectivity index (χ1n) is 9.85. The number of hydrogen-bond acceptors (Lipinski definition) is 3. The molecule has 6 nitrogen and oxygen atoms in total. The Morgan fingerprint density at radius 1 is 1.31 bits per heavy atom. The molecule has 1 aliphatic rings. The molecule has 162 valence electrons. The van der Waals surface area contributed by atoms with E-state index in [0.29, 0.717) is 37.6 Å².